The fraction of sp³-hybridized carbons (Fsp3) is 0.417. The maximum atomic E-state index is 13.5. The predicted molar refractivity (Wildman–Crippen MR) is 128 cm³/mol. The van der Waals surface area contributed by atoms with E-state index in [9.17, 15) is 4.79 Å². The molecule has 0 spiro atoms. The topological polar surface area (TPSA) is 54.9 Å². The lowest BCUT2D eigenvalue weighted by Gasteiger charge is -2.24. The van der Waals surface area contributed by atoms with Gasteiger partial charge >= 0.3 is 0 Å². The number of hydrogen-bond acceptors (Lipinski definition) is 6. The molecule has 3 rings (SSSR count). The molecule has 6 nitrogen and oxygen atoms in total. The minimum Gasteiger partial charge on any atom is -0.497 e. The van der Waals surface area contributed by atoms with Gasteiger partial charge in [0.25, 0.3) is 5.91 Å². The molecule has 7 heteroatoms. The van der Waals surface area contributed by atoms with Crippen molar-refractivity contribution in [1.82, 2.24) is 9.88 Å². The molecule has 0 radical (unpaired) electrons. The van der Waals surface area contributed by atoms with Crippen LogP contribution in [0.1, 0.15) is 38.1 Å². The van der Waals surface area contributed by atoms with Crippen LogP contribution in [0, 0.1) is 0 Å². The monoisotopic (exact) mass is 441 g/mol. The first-order valence-corrected chi connectivity index (χ1v) is 11.5. The number of likely N-dealkylation sites (N-methyl/N-ethyl adjacent to an activating group) is 1. The smallest absolute Gasteiger partial charge is 0.260 e. The van der Waals surface area contributed by atoms with Crippen LogP contribution in [0.5, 0.6) is 11.5 Å². The van der Waals surface area contributed by atoms with E-state index in [1.165, 1.54) is 11.3 Å². The first-order chi connectivity index (χ1) is 14.9. The summed E-state index contributed by atoms with van der Waals surface area (Å²) in [5, 5.41) is 0.697. The Morgan fingerprint density at radius 2 is 1.71 bits per heavy atom. The van der Waals surface area contributed by atoms with Crippen LogP contribution < -0.4 is 14.4 Å². The number of nitrogens with zero attached hydrogens (tertiary/aromatic N) is 3. The van der Waals surface area contributed by atoms with Crippen molar-refractivity contribution in [2.24, 2.45) is 0 Å². The maximum Gasteiger partial charge on any atom is 0.260 e. The standard InChI is InChI=1S/C24H31N3O3S/c1-6-26(7-2)14-15-27(23(28)18-8-10-19(11-9-18)30-17(3)4)24-25-21-16-20(29-5)12-13-22(21)31-24/h8-13,16-17H,6-7,14-15H2,1-5H3. The number of carbonyl (C=O) groups is 1. The summed E-state index contributed by atoms with van der Waals surface area (Å²) in [5.41, 5.74) is 1.45. The molecule has 1 amide bonds. The van der Waals surface area contributed by atoms with Crippen molar-refractivity contribution in [3.63, 3.8) is 0 Å². The van der Waals surface area contributed by atoms with Gasteiger partial charge in [-0.1, -0.05) is 25.2 Å². The molecule has 1 aromatic heterocycles. The highest BCUT2D eigenvalue weighted by Crippen LogP contribution is 2.32. The number of carbonyl (C=O) groups excluding carboxylic acids is 1. The van der Waals surface area contributed by atoms with Gasteiger partial charge in [-0.15, -0.1) is 0 Å². The van der Waals surface area contributed by atoms with Gasteiger partial charge in [0.1, 0.15) is 11.5 Å². The minimum absolute atomic E-state index is 0.0609. The van der Waals surface area contributed by atoms with Crippen molar-refractivity contribution in [3.05, 3.63) is 48.0 Å². The van der Waals surface area contributed by atoms with Crippen LogP contribution in [0.15, 0.2) is 42.5 Å². The fourth-order valence-corrected chi connectivity index (χ4v) is 4.28. The van der Waals surface area contributed by atoms with E-state index in [0.29, 0.717) is 17.2 Å². The quantitative estimate of drug-likeness (QED) is 0.439. The number of benzene rings is 2. The van der Waals surface area contributed by atoms with Crippen LogP contribution >= 0.6 is 11.3 Å². The molecule has 0 aliphatic carbocycles. The van der Waals surface area contributed by atoms with Gasteiger partial charge in [0.2, 0.25) is 0 Å². The van der Waals surface area contributed by atoms with E-state index in [1.807, 2.05) is 56.3 Å². The molecular formula is C24H31N3O3S. The Morgan fingerprint density at radius 1 is 1.03 bits per heavy atom. The van der Waals surface area contributed by atoms with Gasteiger partial charge in [-0.05, 0) is 63.3 Å². The Bertz CT molecular complexity index is 997. The predicted octanol–water partition coefficient (Wildman–Crippen LogP) is 5.08. The van der Waals surface area contributed by atoms with Crippen LogP contribution in [-0.2, 0) is 0 Å². The Morgan fingerprint density at radius 3 is 2.32 bits per heavy atom. The van der Waals surface area contributed by atoms with Crippen molar-refractivity contribution in [1.29, 1.82) is 0 Å². The van der Waals surface area contributed by atoms with E-state index >= 15 is 0 Å². The normalized spacial score (nSPS) is 11.3. The van der Waals surface area contributed by atoms with Crippen LogP contribution in [-0.4, -0.2) is 55.2 Å². The van der Waals surface area contributed by atoms with Crippen LogP contribution in [0.4, 0.5) is 5.13 Å². The van der Waals surface area contributed by atoms with Crippen LogP contribution in [0.25, 0.3) is 10.2 Å². The molecule has 31 heavy (non-hydrogen) atoms. The largest absolute Gasteiger partial charge is 0.497 e. The third-order valence-electron chi connectivity index (χ3n) is 5.07. The molecule has 0 atom stereocenters. The maximum absolute atomic E-state index is 13.5. The molecular weight excluding hydrogens is 410 g/mol. The van der Waals surface area contributed by atoms with Gasteiger partial charge in [0.15, 0.2) is 5.13 Å². The lowest BCUT2D eigenvalue weighted by atomic mass is 10.2. The number of hydrogen-bond donors (Lipinski definition) is 0. The average molecular weight is 442 g/mol. The lowest BCUT2D eigenvalue weighted by molar-refractivity contribution is 0.0983. The minimum atomic E-state index is -0.0609. The van der Waals surface area contributed by atoms with E-state index in [-0.39, 0.29) is 12.0 Å². The number of methoxy groups -OCH3 is 1. The molecule has 0 fully saturated rings. The summed E-state index contributed by atoms with van der Waals surface area (Å²) in [5.74, 6) is 1.45. The second-order valence-electron chi connectivity index (χ2n) is 7.50. The van der Waals surface area contributed by atoms with Crippen molar-refractivity contribution < 1.29 is 14.3 Å². The SMILES string of the molecule is CCN(CC)CCN(C(=O)c1ccc(OC(C)C)cc1)c1nc2cc(OC)ccc2s1. The second kappa shape index (κ2) is 10.6. The zero-order valence-electron chi connectivity index (χ0n) is 18.9. The van der Waals surface area contributed by atoms with Crippen molar-refractivity contribution in [2.45, 2.75) is 33.8 Å². The second-order valence-corrected chi connectivity index (χ2v) is 8.51. The van der Waals surface area contributed by atoms with Gasteiger partial charge < -0.3 is 14.4 Å². The summed E-state index contributed by atoms with van der Waals surface area (Å²) in [7, 11) is 1.64. The summed E-state index contributed by atoms with van der Waals surface area (Å²) in [6, 6.07) is 13.1. The molecule has 0 bridgehead atoms. The zero-order valence-corrected chi connectivity index (χ0v) is 19.7. The summed E-state index contributed by atoms with van der Waals surface area (Å²) in [6.07, 6.45) is 0.0897. The summed E-state index contributed by atoms with van der Waals surface area (Å²) in [4.78, 5) is 22.3. The fourth-order valence-electron chi connectivity index (χ4n) is 3.31. The van der Waals surface area contributed by atoms with Crippen molar-refractivity contribution in [3.8, 4) is 11.5 Å². The zero-order chi connectivity index (χ0) is 22.4. The highest BCUT2D eigenvalue weighted by Gasteiger charge is 2.22. The average Bonchev–Trinajstić information content (AvgIpc) is 3.19. The number of thiazole rings is 1. The summed E-state index contributed by atoms with van der Waals surface area (Å²) >= 11 is 1.52. The van der Waals surface area contributed by atoms with E-state index in [2.05, 4.69) is 18.7 Å². The van der Waals surface area contributed by atoms with Gasteiger partial charge in [0, 0.05) is 24.7 Å². The third-order valence-corrected chi connectivity index (χ3v) is 6.13. The molecule has 0 aliphatic rings. The number of ether oxygens (including phenoxy) is 2. The van der Waals surface area contributed by atoms with E-state index < -0.39 is 0 Å². The third kappa shape index (κ3) is 5.74. The number of rotatable bonds is 10. The Kier molecular flexibility index (Phi) is 7.87. The number of fused-ring (bicyclic) bond motifs is 1. The summed E-state index contributed by atoms with van der Waals surface area (Å²) < 4.78 is 12.1. The molecule has 1 heterocycles. The molecule has 2 aromatic carbocycles. The molecule has 0 aliphatic heterocycles. The molecule has 0 N–H and O–H groups in total. The van der Waals surface area contributed by atoms with E-state index in [4.69, 9.17) is 14.5 Å². The Hall–Kier alpha value is -2.64. The van der Waals surface area contributed by atoms with Crippen LogP contribution in [0.2, 0.25) is 0 Å². The molecule has 0 unspecified atom stereocenters. The van der Waals surface area contributed by atoms with E-state index in [1.54, 1.807) is 12.0 Å². The first-order valence-electron chi connectivity index (χ1n) is 10.7. The van der Waals surface area contributed by atoms with Gasteiger partial charge in [-0.2, -0.15) is 0 Å². The van der Waals surface area contributed by atoms with Crippen molar-refractivity contribution >= 4 is 32.6 Å². The van der Waals surface area contributed by atoms with Gasteiger partial charge in [-0.3, -0.25) is 9.69 Å². The molecule has 0 saturated heterocycles. The number of anilines is 1. The molecule has 166 valence electrons. The number of aromatic nitrogens is 1. The Labute approximate surface area is 188 Å². The van der Waals surface area contributed by atoms with Gasteiger partial charge in [-0.25, -0.2) is 4.98 Å². The molecule has 0 saturated carbocycles. The first kappa shape index (κ1) is 23.0. The van der Waals surface area contributed by atoms with Gasteiger partial charge in [0.05, 0.1) is 23.4 Å². The highest BCUT2D eigenvalue weighted by molar-refractivity contribution is 7.22. The summed E-state index contributed by atoms with van der Waals surface area (Å²) in [6.45, 7) is 11.5. The lowest BCUT2D eigenvalue weighted by Crippen LogP contribution is -2.38. The van der Waals surface area contributed by atoms with Crippen LogP contribution in [0.3, 0.4) is 0 Å². The Balaban J connectivity index is 1.91. The highest BCUT2D eigenvalue weighted by atomic mass is 32.1. The molecule has 3 aromatic rings. The van der Waals surface area contributed by atoms with E-state index in [0.717, 1.165) is 41.3 Å². The number of amides is 1. The van der Waals surface area contributed by atoms with Crippen molar-refractivity contribution in [2.75, 3.05) is 38.2 Å².